The van der Waals surface area contributed by atoms with E-state index in [-0.39, 0.29) is 60.7 Å². The molecule has 0 unspecified atom stereocenters. The van der Waals surface area contributed by atoms with Gasteiger partial charge in [-0.3, -0.25) is 0 Å². The van der Waals surface area contributed by atoms with Crippen LogP contribution in [0.1, 0.15) is 73.1 Å². The molecule has 7 heteroatoms. The smallest absolute Gasteiger partial charge is 0.330 e. The van der Waals surface area contributed by atoms with Crippen molar-refractivity contribution in [1.82, 2.24) is 0 Å². The van der Waals surface area contributed by atoms with Crippen molar-refractivity contribution in [3.8, 4) is 6.07 Å². The third-order valence-corrected chi connectivity index (χ3v) is 7.79. The molecular formula is C31H45NO6. The molecule has 3 fully saturated rings. The number of hydrogen-bond acceptors (Lipinski definition) is 7. The monoisotopic (exact) mass is 527 g/mol. The molecule has 0 aromatic heterocycles. The topological polar surface area (TPSA) is 87.0 Å². The summed E-state index contributed by atoms with van der Waals surface area (Å²) in [7, 11) is 0. The second-order valence-corrected chi connectivity index (χ2v) is 10.9. The molecule has 0 N–H and O–H groups in total. The van der Waals surface area contributed by atoms with Crippen LogP contribution in [0.4, 0.5) is 0 Å². The Morgan fingerprint density at radius 3 is 2.55 bits per heavy atom. The van der Waals surface area contributed by atoms with Crippen molar-refractivity contribution in [2.24, 2.45) is 11.8 Å². The van der Waals surface area contributed by atoms with E-state index in [9.17, 15) is 4.79 Å². The van der Waals surface area contributed by atoms with Gasteiger partial charge in [0.05, 0.1) is 43.2 Å². The zero-order valence-electron chi connectivity index (χ0n) is 23.6. The van der Waals surface area contributed by atoms with Gasteiger partial charge in [0.15, 0.2) is 6.29 Å². The van der Waals surface area contributed by atoms with Crippen molar-refractivity contribution < 1.29 is 28.5 Å². The Hall–Kier alpha value is -2.24. The van der Waals surface area contributed by atoms with E-state index in [1.165, 1.54) is 17.7 Å². The molecule has 0 amide bonds. The van der Waals surface area contributed by atoms with Crippen molar-refractivity contribution in [1.29, 1.82) is 5.26 Å². The summed E-state index contributed by atoms with van der Waals surface area (Å²) in [6.07, 6.45) is 12.9. The van der Waals surface area contributed by atoms with Crippen LogP contribution in [0.3, 0.4) is 0 Å². The summed E-state index contributed by atoms with van der Waals surface area (Å²) in [5.74, 6) is -0.419. The maximum Gasteiger partial charge on any atom is 0.330 e. The average molecular weight is 528 g/mol. The maximum absolute atomic E-state index is 12.9. The van der Waals surface area contributed by atoms with E-state index in [2.05, 4.69) is 25.6 Å². The molecule has 0 spiro atoms. The quantitative estimate of drug-likeness (QED) is 0.158. The van der Waals surface area contributed by atoms with Gasteiger partial charge >= 0.3 is 5.97 Å². The van der Waals surface area contributed by atoms with Gasteiger partial charge in [-0.15, -0.1) is 0 Å². The van der Waals surface area contributed by atoms with E-state index in [1.54, 1.807) is 0 Å². The zero-order chi connectivity index (χ0) is 27.7. The number of rotatable bonds is 9. The molecule has 0 bridgehead atoms. The Bertz CT molecular complexity index is 933. The molecule has 3 rings (SSSR count). The highest BCUT2D eigenvalue weighted by Crippen LogP contribution is 2.37. The molecular weight excluding hydrogens is 482 g/mol. The first kappa shape index (κ1) is 30.3. The van der Waals surface area contributed by atoms with Crippen molar-refractivity contribution in [2.45, 2.75) is 116 Å². The number of esters is 1. The molecule has 3 aliphatic heterocycles. The molecule has 9 atom stereocenters. The Balaban J connectivity index is 1.57. The summed E-state index contributed by atoms with van der Waals surface area (Å²) in [5, 5.41) is 9.14. The van der Waals surface area contributed by atoms with Crippen LogP contribution in [0, 0.1) is 23.2 Å². The lowest BCUT2D eigenvalue weighted by Gasteiger charge is -2.44. The van der Waals surface area contributed by atoms with E-state index in [4.69, 9.17) is 28.9 Å². The lowest BCUT2D eigenvalue weighted by atomic mass is 9.79. The van der Waals surface area contributed by atoms with Gasteiger partial charge in [-0.05, 0) is 58.4 Å². The van der Waals surface area contributed by atoms with E-state index in [0.717, 1.165) is 37.7 Å². The third-order valence-electron chi connectivity index (χ3n) is 7.79. The molecule has 0 aromatic rings. The molecule has 210 valence electrons. The summed E-state index contributed by atoms with van der Waals surface area (Å²) in [4.78, 5) is 12.9. The van der Waals surface area contributed by atoms with Crippen molar-refractivity contribution in [3.05, 3.63) is 48.1 Å². The van der Waals surface area contributed by atoms with Gasteiger partial charge in [-0.25, -0.2) is 4.79 Å². The number of nitrogens with zero attached hydrogens (tertiary/aromatic N) is 1. The molecule has 3 heterocycles. The van der Waals surface area contributed by atoms with Gasteiger partial charge in [0.25, 0.3) is 0 Å². The first-order chi connectivity index (χ1) is 18.2. The van der Waals surface area contributed by atoms with E-state index in [0.29, 0.717) is 13.0 Å². The van der Waals surface area contributed by atoms with Crippen LogP contribution in [-0.4, -0.2) is 55.5 Å². The van der Waals surface area contributed by atoms with Crippen LogP contribution in [-0.2, 0) is 28.5 Å². The molecule has 38 heavy (non-hydrogen) atoms. The lowest BCUT2D eigenvalue weighted by Crippen LogP contribution is -2.50. The molecule has 0 radical (unpaired) electrons. The van der Waals surface area contributed by atoms with Gasteiger partial charge in [-0.2, -0.15) is 5.26 Å². The Kier molecular flexibility index (Phi) is 11.8. The van der Waals surface area contributed by atoms with Gasteiger partial charge in [0.2, 0.25) is 0 Å². The number of carbonyl (C=O) groups excluding carboxylic acids is 1. The minimum absolute atomic E-state index is 0.0168. The van der Waals surface area contributed by atoms with Gasteiger partial charge in [0.1, 0.15) is 6.10 Å². The van der Waals surface area contributed by atoms with E-state index >= 15 is 0 Å². The first-order valence-electron chi connectivity index (χ1n) is 14.0. The fourth-order valence-corrected chi connectivity index (χ4v) is 5.83. The number of hydrogen-bond donors (Lipinski definition) is 0. The van der Waals surface area contributed by atoms with Crippen LogP contribution in [0.25, 0.3) is 0 Å². The summed E-state index contributed by atoms with van der Waals surface area (Å²) in [6.45, 7) is 14.8. The number of carbonyl (C=O) groups is 1. The fourth-order valence-electron chi connectivity index (χ4n) is 5.83. The first-order valence-corrected chi connectivity index (χ1v) is 14.0. The Morgan fingerprint density at radius 1 is 1.08 bits per heavy atom. The Labute approximate surface area is 228 Å². The summed E-state index contributed by atoms with van der Waals surface area (Å²) >= 11 is 0. The van der Waals surface area contributed by atoms with Crippen molar-refractivity contribution in [3.63, 3.8) is 0 Å². The minimum atomic E-state index is -0.364. The molecule has 0 aromatic carbocycles. The van der Waals surface area contributed by atoms with Crippen LogP contribution < -0.4 is 0 Å². The average Bonchev–Trinajstić information content (AvgIpc) is 2.86. The Morgan fingerprint density at radius 2 is 1.84 bits per heavy atom. The molecule has 3 saturated heterocycles. The third kappa shape index (κ3) is 8.64. The zero-order valence-corrected chi connectivity index (χ0v) is 23.6. The van der Waals surface area contributed by atoms with Crippen LogP contribution in [0.5, 0.6) is 0 Å². The molecule has 7 nitrogen and oxygen atoms in total. The predicted molar refractivity (Wildman–Crippen MR) is 146 cm³/mol. The van der Waals surface area contributed by atoms with Crippen molar-refractivity contribution >= 4 is 5.97 Å². The highest BCUT2D eigenvalue weighted by atomic mass is 16.7. The van der Waals surface area contributed by atoms with Crippen LogP contribution >= 0.6 is 0 Å². The largest absolute Gasteiger partial charge is 0.458 e. The predicted octanol–water partition coefficient (Wildman–Crippen LogP) is 5.97. The minimum Gasteiger partial charge on any atom is -0.458 e. The summed E-state index contributed by atoms with van der Waals surface area (Å²) < 4.78 is 30.1. The lowest BCUT2D eigenvalue weighted by molar-refractivity contribution is -0.211. The number of allylic oxidation sites excluding steroid dienone is 2. The highest BCUT2D eigenvalue weighted by molar-refractivity contribution is 5.82. The van der Waals surface area contributed by atoms with E-state index < -0.39 is 0 Å². The van der Waals surface area contributed by atoms with Gasteiger partial charge in [-0.1, -0.05) is 44.2 Å². The standard InChI is InChI=1S/C31H45NO6/c1-7-8-11-28-22(4)31(23(5)30(37-28)21(3)13-15-32)38-29(33)12-9-10-25-17-20(2)18-27(36-25)19-26-14-16-34-24(6)35-26/h7-9,12-13,22-28,30-31H,2,10-11,14,16-19H2,1,3-6H3/t22-,23-,24-,25-,26-,27+,28+,30-,31-/m0/s1. The van der Waals surface area contributed by atoms with Crippen LogP contribution in [0.15, 0.2) is 48.1 Å². The highest BCUT2D eigenvalue weighted by Gasteiger charge is 2.43. The second kappa shape index (κ2) is 14.8. The normalized spacial score (nSPS) is 36.9. The van der Waals surface area contributed by atoms with Crippen molar-refractivity contribution in [2.75, 3.05) is 6.61 Å². The van der Waals surface area contributed by atoms with Crippen LogP contribution in [0.2, 0.25) is 0 Å². The van der Waals surface area contributed by atoms with Gasteiger partial charge < -0.3 is 23.7 Å². The number of nitriles is 1. The molecule has 0 saturated carbocycles. The maximum atomic E-state index is 12.9. The number of ether oxygens (including phenoxy) is 5. The summed E-state index contributed by atoms with van der Waals surface area (Å²) in [5.41, 5.74) is 2.02. The fraction of sp³-hybridized carbons (Fsp3) is 0.677. The second-order valence-electron chi connectivity index (χ2n) is 10.9. The molecule has 3 aliphatic rings. The molecule has 0 aliphatic carbocycles. The van der Waals surface area contributed by atoms with Gasteiger partial charge in [0, 0.05) is 30.4 Å². The SMILES string of the molecule is C=C1C[C@H](C[C@@H]2CCO[C@H](C)O2)O[C@@H](CC=CC(=O)O[C@H]2[C@@H](C)[C@@H](CC=CC)O[C@@H](C(C)=CC#N)[C@@H]2C)C1. The summed E-state index contributed by atoms with van der Waals surface area (Å²) in [6, 6.07) is 2.09. The van der Waals surface area contributed by atoms with E-state index in [1.807, 2.05) is 39.8 Å².